The maximum atomic E-state index is 13.1. The fourth-order valence-electron chi connectivity index (χ4n) is 3.55. The van der Waals surface area contributed by atoms with E-state index >= 15 is 0 Å². The maximum Gasteiger partial charge on any atom is 0.298 e. The molecule has 0 unspecified atom stereocenters. The summed E-state index contributed by atoms with van der Waals surface area (Å²) in [5.41, 5.74) is 4.51. The minimum Gasteiger partial charge on any atom is -0.497 e. The minimum absolute atomic E-state index is 0.366. The van der Waals surface area contributed by atoms with Crippen LogP contribution < -0.4 is 10.1 Å². The number of ketones is 1. The maximum absolute atomic E-state index is 13.1. The number of aromatic nitrogens is 1. The molecule has 0 radical (unpaired) electrons. The lowest BCUT2D eigenvalue weighted by molar-refractivity contribution is -0.112. The van der Waals surface area contributed by atoms with Crippen molar-refractivity contribution in [2.24, 2.45) is 0 Å². The van der Waals surface area contributed by atoms with Crippen LogP contribution >= 0.6 is 0 Å². The normalized spacial score (nSPS) is 10.7. The van der Waals surface area contributed by atoms with Crippen LogP contribution in [0.4, 0.5) is 5.69 Å². The number of rotatable bonds is 5. The van der Waals surface area contributed by atoms with Crippen LogP contribution in [0, 0.1) is 6.92 Å². The van der Waals surface area contributed by atoms with E-state index in [9.17, 15) is 9.59 Å². The minimum atomic E-state index is -0.680. The molecule has 0 aliphatic carbocycles. The number of methoxy groups -OCH3 is 1. The Morgan fingerprint density at radius 1 is 0.897 bits per heavy atom. The molecule has 0 aliphatic heterocycles. The lowest BCUT2D eigenvalue weighted by atomic mass is 10.0. The summed E-state index contributed by atoms with van der Waals surface area (Å²) in [5, 5.41) is 2.68. The Morgan fingerprint density at radius 3 is 2.28 bits per heavy atom. The number of amides is 1. The average molecular weight is 384 g/mol. The van der Waals surface area contributed by atoms with Gasteiger partial charge in [0.2, 0.25) is 0 Å². The third-order valence-corrected chi connectivity index (χ3v) is 4.92. The SMILES string of the molecule is COc1ccc(NC(=O)C(=O)c2c(C)c(-c3ccccc3)c3ccccn23)cc1. The Balaban J connectivity index is 1.74. The van der Waals surface area contributed by atoms with Gasteiger partial charge < -0.3 is 14.5 Å². The van der Waals surface area contributed by atoms with Crippen molar-refractivity contribution in [3.05, 3.63) is 90.3 Å². The number of hydrogen-bond donors (Lipinski definition) is 1. The Hall–Kier alpha value is -3.86. The first-order valence-corrected chi connectivity index (χ1v) is 9.25. The van der Waals surface area contributed by atoms with Crippen molar-refractivity contribution in [1.82, 2.24) is 4.40 Å². The molecule has 2 aromatic heterocycles. The van der Waals surface area contributed by atoms with Gasteiger partial charge in [0.15, 0.2) is 0 Å². The number of carbonyl (C=O) groups is 2. The first-order valence-electron chi connectivity index (χ1n) is 9.25. The quantitative estimate of drug-likeness (QED) is 0.399. The van der Waals surface area contributed by atoms with Crippen LogP contribution in [0.3, 0.4) is 0 Å². The van der Waals surface area contributed by atoms with E-state index in [0.29, 0.717) is 17.1 Å². The van der Waals surface area contributed by atoms with E-state index in [4.69, 9.17) is 4.74 Å². The highest BCUT2D eigenvalue weighted by molar-refractivity contribution is 6.46. The number of nitrogens with one attached hydrogen (secondary N) is 1. The van der Waals surface area contributed by atoms with Crippen molar-refractivity contribution in [3.63, 3.8) is 0 Å². The fraction of sp³-hybridized carbons (Fsp3) is 0.0833. The molecule has 0 fully saturated rings. The molecule has 1 amide bonds. The molecule has 5 heteroatoms. The second-order valence-corrected chi connectivity index (χ2v) is 6.68. The van der Waals surface area contributed by atoms with E-state index in [1.165, 1.54) is 0 Å². The summed E-state index contributed by atoms with van der Waals surface area (Å²) in [4.78, 5) is 25.8. The molecule has 0 spiro atoms. The highest BCUT2D eigenvalue weighted by Crippen LogP contribution is 2.33. The van der Waals surface area contributed by atoms with E-state index in [2.05, 4.69) is 5.32 Å². The summed E-state index contributed by atoms with van der Waals surface area (Å²) < 4.78 is 6.90. The number of hydrogen-bond acceptors (Lipinski definition) is 3. The summed E-state index contributed by atoms with van der Waals surface area (Å²) in [7, 11) is 1.57. The third kappa shape index (κ3) is 3.38. The van der Waals surface area contributed by atoms with E-state index < -0.39 is 11.7 Å². The highest BCUT2D eigenvalue weighted by atomic mass is 16.5. The molecule has 0 atom stereocenters. The second kappa shape index (κ2) is 7.64. The molecule has 29 heavy (non-hydrogen) atoms. The molecule has 4 aromatic rings. The van der Waals surface area contributed by atoms with Crippen molar-refractivity contribution < 1.29 is 14.3 Å². The number of nitrogens with zero attached hydrogens (tertiary/aromatic N) is 1. The van der Waals surface area contributed by atoms with Crippen LogP contribution in [-0.2, 0) is 4.79 Å². The second-order valence-electron chi connectivity index (χ2n) is 6.68. The number of ether oxygens (including phenoxy) is 1. The van der Waals surface area contributed by atoms with Gasteiger partial charge in [0.05, 0.1) is 12.6 Å². The lowest BCUT2D eigenvalue weighted by Gasteiger charge is -2.07. The zero-order chi connectivity index (χ0) is 20.4. The number of benzene rings is 2. The predicted molar refractivity (Wildman–Crippen MR) is 114 cm³/mol. The summed E-state index contributed by atoms with van der Waals surface area (Å²) in [5.74, 6) is -0.585. The molecule has 0 bridgehead atoms. The molecule has 5 nitrogen and oxygen atoms in total. The van der Waals surface area contributed by atoms with E-state index in [-0.39, 0.29) is 0 Å². The van der Waals surface area contributed by atoms with Crippen LogP contribution in [0.25, 0.3) is 16.6 Å². The summed E-state index contributed by atoms with van der Waals surface area (Å²) in [6.45, 7) is 1.88. The Bertz CT molecular complexity index is 1190. The molecule has 1 N–H and O–H groups in total. The van der Waals surface area contributed by atoms with Crippen LogP contribution in [0.15, 0.2) is 79.0 Å². The van der Waals surface area contributed by atoms with Gasteiger partial charge in [-0.05, 0) is 54.4 Å². The molecule has 0 saturated carbocycles. The van der Waals surface area contributed by atoms with E-state index in [1.807, 2.05) is 61.7 Å². The largest absolute Gasteiger partial charge is 0.497 e. The zero-order valence-electron chi connectivity index (χ0n) is 16.2. The number of carbonyl (C=O) groups excluding carboxylic acids is 2. The van der Waals surface area contributed by atoms with E-state index in [1.54, 1.807) is 35.8 Å². The Labute approximate surface area is 168 Å². The number of Topliss-reactive ketones (excluding diaryl/α,β-unsaturated/α-hetero) is 1. The summed E-state index contributed by atoms with van der Waals surface area (Å²) in [6.07, 6.45) is 1.81. The van der Waals surface area contributed by atoms with Gasteiger partial charge in [-0.3, -0.25) is 9.59 Å². The topological polar surface area (TPSA) is 59.8 Å². The molecule has 0 aliphatic rings. The Morgan fingerprint density at radius 2 is 1.59 bits per heavy atom. The predicted octanol–water partition coefficient (Wildman–Crippen LogP) is 4.74. The van der Waals surface area contributed by atoms with Gasteiger partial charge in [0.25, 0.3) is 11.7 Å². The Kier molecular flexibility index (Phi) is 4.87. The van der Waals surface area contributed by atoms with Crippen LogP contribution in [-0.4, -0.2) is 23.2 Å². The lowest BCUT2D eigenvalue weighted by Crippen LogP contribution is -2.24. The zero-order valence-corrected chi connectivity index (χ0v) is 16.2. The van der Waals surface area contributed by atoms with Gasteiger partial charge in [0.1, 0.15) is 11.4 Å². The van der Waals surface area contributed by atoms with Gasteiger partial charge in [-0.15, -0.1) is 0 Å². The number of pyridine rings is 1. The molecular weight excluding hydrogens is 364 g/mol. The molecule has 0 saturated heterocycles. The molecular formula is C24H20N2O3. The molecule has 4 rings (SSSR count). The first kappa shape index (κ1) is 18.5. The van der Waals surface area contributed by atoms with Crippen molar-refractivity contribution >= 4 is 22.9 Å². The fourth-order valence-corrected chi connectivity index (χ4v) is 3.55. The van der Waals surface area contributed by atoms with E-state index in [0.717, 1.165) is 22.2 Å². The molecule has 2 aromatic carbocycles. The van der Waals surface area contributed by atoms with Gasteiger partial charge in [-0.25, -0.2) is 0 Å². The van der Waals surface area contributed by atoms with Crippen LogP contribution in [0.5, 0.6) is 5.75 Å². The molecule has 144 valence electrons. The monoisotopic (exact) mass is 384 g/mol. The average Bonchev–Trinajstić information content (AvgIpc) is 3.06. The van der Waals surface area contributed by atoms with Gasteiger partial charge in [-0.2, -0.15) is 0 Å². The smallest absolute Gasteiger partial charge is 0.298 e. The van der Waals surface area contributed by atoms with Crippen molar-refractivity contribution in [2.45, 2.75) is 6.92 Å². The number of anilines is 1. The summed E-state index contributed by atoms with van der Waals surface area (Å²) >= 11 is 0. The number of fused-ring (bicyclic) bond motifs is 1. The van der Waals surface area contributed by atoms with Gasteiger partial charge in [-0.1, -0.05) is 36.4 Å². The van der Waals surface area contributed by atoms with Crippen molar-refractivity contribution in [1.29, 1.82) is 0 Å². The van der Waals surface area contributed by atoms with Crippen LogP contribution in [0.1, 0.15) is 16.1 Å². The molecule has 2 heterocycles. The third-order valence-electron chi connectivity index (χ3n) is 4.92. The van der Waals surface area contributed by atoms with Crippen molar-refractivity contribution in [2.75, 3.05) is 12.4 Å². The van der Waals surface area contributed by atoms with Gasteiger partial charge in [0, 0.05) is 17.4 Å². The standard InChI is InChI=1S/C24H20N2O3/c1-16-21(17-8-4-3-5-9-17)20-10-6-7-15-26(20)22(16)23(27)24(28)25-18-11-13-19(29-2)14-12-18/h3-15H,1-2H3,(H,25,28). The van der Waals surface area contributed by atoms with Crippen LogP contribution in [0.2, 0.25) is 0 Å². The highest BCUT2D eigenvalue weighted by Gasteiger charge is 2.26. The van der Waals surface area contributed by atoms with Crippen molar-refractivity contribution in [3.8, 4) is 16.9 Å². The van der Waals surface area contributed by atoms with Gasteiger partial charge >= 0.3 is 0 Å². The first-order chi connectivity index (χ1) is 14.1. The summed E-state index contributed by atoms with van der Waals surface area (Å²) in [6, 6.07) is 22.4.